The Morgan fingerprint density at radius 3 is 2.11 bits per heavy atom. The van der Waals surface area contributed by atoms with Crippen molar-refractivity contribution >= 4 is 28.9 Å². The SMILES string of the molecule is Cc1cc(NC(=O)Nc2ccc(Nc3ccc(OC(C)C)cc3)cc2)no1. The van der Waals surface area contributed by atoms with Gasteiger partial charge in [0, 0.05) is 23.1 Å². The molecular weight excluding hydrogens is 344 g/mol. The molecule has 0 aliphatic carbocycles. The number of carbonyl (C=O) groups is 1. The molecule has 0 fully saturated rings. The fourth-order valence-corrected chi connectivity index (χ4v) is 2.40. The first kappa shape index (κ1) is 18.3. The molecule has 7 heteroatoms. The van der Waals surface area contributed by atoms with Crippen LogP contribution < -0.4 is 20.7 Å². The van der Waals surface area contributed by atoms with Crippen LogP contribution in [-0.4, -0.2) is 17.3 Å². The summed E-state index contributed by atoms with van der Waals surface area (Å²) in [5.41, 5.74) is 2.52. The van der Waals surface area contributed by atoms with Gasteiger partial charge in [0.15, 0.2) is 5.82 Å². The molecular formula is C20H22N4O3. The number of carbonyl (C=O) groups excluding carboxylic acids is 1. The Balaban J connectivity index is 1.54. The second-order valence-corrected chi connectivity index (χ2v) is 6.30. The fraction of sp³-hybridized carbons (Fsp3) is 0.200. The summed E-state index contributed by atoms with van der Waals surface area (Å²) in [7, 11) is 0. The van der Waals surface area contributed by atoms with Crippen LogP contribution in [0.2, 0.25) is 0 Å². The summed E-state index contributed by atoms with van der Waals surface area (Å²) in [5, 5.41) is 12.4. The third-order valence-electron chi connectivity index (χ3n) is 3.53. The van der Waals surface area contributed by atoms with Gasteiger partial charge in [-0.25, -0.2) is 4.79 Å². The van der Waals surface area contributed by atoms with E-state index in [0.29, 0.717) is 17.3 Å². The van der Waals surface area contributed by atoms with Crippen molar-refractivity contribution < 1.29 is 14.1 Å². The number of rotatable bonds is 6. The summed E-state index contributed by atoms with van der Waals surface area (Å²) in [6.45, 7) is 5.75. The van der Waals surface area contributed by atoms with E-state index >= 15 is 0 Å². The maximum absolute atomic E-state index is 11.9. The Morgan fingerprint density at radius 2 is 1.56 bits per heavy atom. The largest absolute Gasteiger partial charge is 0.491 e. The number of aryl methyl sites for hydroxylation is 1. The number of hydrogen-bond acceptors (Lipinski definition) is 5. The summed E-state index contributed by atoms with van der Waals surface area (Å²) in [6, 6.07) is 16.4. The fourth-order valence-electron chi connectivity index (χ4n) is 2.40. The first-order chi connectivity index (χ1) is 13.0. The predicted molar refractivity (Wildman–Crippen MR) is 106 cm³/mol. The van der Waals surface area contributed by atoms with Crippen molar-refractivity contribution in [1.29, 1.82) is 0 Å². The van der Waals surface area contributed by atoms with E-state index in [9.17, 15) is 4.79 Å². The molecule has 27 heavy (non-hydrogen) atoms. The molecule has 0 saturated heterocycles. The first-order valence-electron chi connectivity index (χ1n) is 8.63. The van der Waals surface area contributed by atoms with Crippen LogP contribution in [0.4, 0.5) is 27.7 Å². The lowest BCUT2D eigenvalue weighted by molar-refractivity contribution is 0.242. The summed E-state index contributed by atoms with van der Waals surface area (Å²) in [4.78, 5) is 11.9. The van der Waals surface area contributed by atoms with Crippen LogP contribution in [0.5, 0.6) is 5.75 Å². The van der Waals surface area contributed by atoms with Gasteiger partial charge in [-0.3, -0.25) is 5.32 Å². The molecule has 7 nitrogen and oxygen atoms in total. The molecule has 3 N–H and O–H groups in total. The Kier molecular flexibility index (Phi) is 5.61. The monoisotopic (exact) mass is 366 g/mol. The zero-order valence-corrected chi connectivity index (χ0v) is 15.4. The number of nitrogens with one attached hydrogen (secondary N) is 3. The topological polar surface area (TPSA) is 88.4 Å². The summed E-state index contributed by atoms with van der Waals surface area (Å²) in [5.74, 6) is 1.83. The summed E-state index contributed by atoms with van der Waals surface area (Å²) >= 11 is 0. The lowest BCUT2D eigenvalue weighted by Crippen LogP contribution is -2.19. The number of hydrogen-bond donors (Lipinski definition) is 3. The standard InChI is InChI=1S/C20H22N4O3/c1-13(2)26-18-10-8-16(9-11-18)21-15-4-6-17(7-5-15)22-20(25)23-19-12-14(3)27-24-19/h4-13,21H,1-3H3,(H2,22,23,24,25). The van der Waals surface area contributed by atoms with Crippen molar-refractivity contribution in [3.8, 4) is 5.75 Å². The average Bonchev–Trinajstić information content (AvgIpc) is 3.02. The van der Waals surface area contributed by atoms with Gasteiger partial charge in [0.05, 0.1) is 6.10 Å². The minimum atomic E-state index is -0.384. The van der Waals surface area contributed by atoms with Crippen LogP contribution in [0.15, 0.2) is 59.1 Å². The maximum Gasteiger partial charge on any atom is 0.324 e. The molecule has 0 unspecified atom stereocenters. The van der Waals surface area contributed by atoms with Crippen molar-refractivity contribution in [2.75, 3.05) is 16.0 Å². The highest BCUT2D eigenvalue weighted by atomic mass is 16.5. The van der Waals surface area contributed by atoms with Gasteiger partial charge in [0.1, 0.15) is 11.5 Å². The molecule has 1 aromatic heterocycles. The van der Waals surface area contributed by atoms with Crippen molar-refractivity contribution in [2.24, 2.45) is 0 Å². The lowest BCUT2D eigenvalue weighted by Gasteiger charge is -2.11. The Hall–Kier alpha value is -3.48. The highest BCUT2D eigenvalue weighted by molar-refractivity contribution is 5.99. The van der Waals surface area contributed by atoms with E-state index in [1.807, 2.05) is 62.4 Å². The van der Waals surface area contributed by atoms with Crippen molar-refractivity contribution in [1.82, 2.24) is 5.16 Å². The molecule has 140 valence electrons. The number of aromatic nitrogens is 1. The van der Waals surface area contributed by atoms with Gasteiger partial charge in [0.2, 0.25) is 0 Å². The van der Waals surface area contributed by atoms with Crippen LogP contribution in [0, 0.1) is 6.92 Å². The number of urea groups is 1. The maximum atomic E-state index is 11.9. The van der Waals surface area contributed by atoms with E-state index in [2.05, 4.69) is 21.1 Å². The summed E-state index contributed by atoms with van der Waals surface area (Å²) < 4.78 is 10.5. The van der Waals surface area contributed by atoms with E-state index in [1.54, 1.807) is 13.0 Å². The number of nitrogens with zero attached hydrogens (tertiary/aromatic N) is 1. The van der Waals surface area contributed by atoms with Gasteiger partial charge in [0.25, 0.3) is 0 Å². The van der Waals surface area contributed by atoms with Crippen LogP contribution in [0.25, 0.3) is 0 Å². The second kappa shape index (κ2) is 8.27. The zero-order valence-electron chi connectivity index (χ0n) is 15.4. The smallest absolute Gasteiger partial charge is 0.324 e. The molecule has 0 bridgehead atoms. The molecule has 0 saturated carbocycles. The summed E-state index contributed by atoms with van der Waals surface area (Å²) in [6.07, 6.45) is 0.148. The molecule has 0 aliphatic rings. The van der Waals surface area contributed by atoms with Gasteiger partial charge in [-0.15, -0.1) is 0 Å². The minimum Gasteiger partial charge on any atom is -0.491 e. The Labute approximate surface area is 157 Å². The number of amides is 2. The molecule has 0 radical (unpaired) electrons. The quantitative estimate of drug-likeness (QED) is 0.561. The molecule has 1 heterocycles. The second-order valence-electron chi connectivity index (χ2n) is 6.30. The van der Waals surface area contributed by atoms with Crippen LogP contribution >= 0.6 is 0 Å². The van der Waals surface area contributed by atoms with E-state index in [1.165, 1.54) is 0 Å². The van der Waals surface area contributed by atoms with E-state index in [-0.39, 0.29) is 12.1 Å². The van der Waals surface area contributed by atoms with Crippen molar-refractivity contribution in [2.45, 2.75) is 26.9 Å². The van der Waals surface area contributed by atoms with Crippen molar-refractivity contribution in [3.05, 3.63) is 60.4 Å². The molecule has 3 rings (SSSR count). The molecule has 0 aliphatic heterocycles. The highest BCUT2D eigenvalue weighted by Crippen LogP contribution is 2.22. The normalized spacial score (nSPS) is 10.5. The Morgan fingerprint density at radius 1 is 0.963 bits per heavy atom. The van der Waals surface area contributed by atoms with Crippen molar-refractivity contribution in [3.63, 3.8) is 0 Å². The molecule has 0 spiro atoms. The van der Waals surface area contributed by atoms with Crippen LogP contribution in [0.1, 0.15) is 19.6 Å². The molecule has 2 aromatic carbocycles. The predicted octanol–water partition coefficient (Wildman–Crippen LogP) is 5.16. The molecule has 3 aromatic rings. The van der Waals surface area contributed by atoms with Crippen LogP contribution in [0.3, 0.4) is 0 Å². The third-order valence-corrected chi connectivity index (χ3v) is 3.53. The lowest BCUT2D eigenvalue weighted by atomic mass is 10.2. The zero-order chi connectivity index (χ0) is 19.2. The molecule has 2 amide bonds. The minimum absolute atomic E-state index is 0.148. The Bertz CT molecular complexity index is 886. The van der Waals surface area contributed by atoms with E-state index in [4.69, 9.17) is 9.26 Å². The van der Waals surface area contributed by atoms with Crippen LogP contribution in [-0.2, 0) is 0 Å². The van der Waals surface area contributed by atoms with E-state index in [0.717, 1.165) is 17.1 Å². The van der Waals surface area contributed by atoms with Gasteiger partial charge in [-0.05, 0) is 69.3 Å². The number of benzene rings is 2. The molecule has 0 atom stereocenters. The van der Waals surface area contributed by atoms with Gasteiger partial charge >= 0.3 is 6.03 Å². The van der Waals surface area contributed by atoms with Gasteiger partial charge in [-0.1, -0.05) is 5.16 Å². The third kappa shape index (κ3) is 5.50. The average molecular weight is 366 g/mol. The van der Waals surface area contributed by atoms with Gasteiger partial charge < -0.3 is 19.9 Å². The number of anilines is 4. The number of ether oxygens (including phenoxy) is 1. The highest BCUT2D eigenvalue weighted by Gasteiger charge is 2.06. The first-order valence-corrected chi connectivity index (χ1v) is 8.63. The van der Waals surface area contributed by atoms with Gasteiger partial charge in [-0.2, -0.15) is 0 Å². The van der Waals surface area contributed by atoms with E-state index < -0.39 is 0 Å².